The number of aliphatic carboxylic acids is 1. The molecule has 0 radical (unpaired) electrons. The molecule has 0 saturated carbocycles. The number of nitrogens with zero attached hydrogens (tertiary/aromatic N) is 1. The molecule has 1 atom stereocenters. The largest absolute Gasteiger partial charge is 0.481 e. The lowest BCUT2D eigenvalue weighted by molar-refractivity contribution is -0.142. The maximum absolute atomic E-state index is 11.0. The first-order chi connectivity index (χ1) is 5.49. The van der Waals surface area contributed by atoms with Crippen LogP contribution in [0.2, 0.25) is 0 Å². The fourth-order valence-corrected chi connectivity index (χ4v) is 0.861. The summed E-state index contributed by atoms with van der Waals surface area (Å²) >= 11 is 0. The van der Waals surface area contributed by atoms with Crippen LogP contribution >= 0.6 is 0 Å². The van der Waals surface area contributed by atoms with Gasteiger partial charge in [0.05, 0.1) is 5.92 Å². The number of carbonyl (C=O) groups excluding carboxylic acids is 1. The van der Waals surface area contributed by atoms with E-state index in [-0.39, 0.29) is 12.5 Å². The molecule has 12 heavy (non-hydrogen) atoms. The lowest BCUT2D eigenvalue weighted by Gasteiger charge is -2.18. The molecular weight excluding hydrogens is 158 g/mol. The summed E-state index contributed by atoms with van der Waals surface area (Å²) in [6.07, 6.45) is 0.419. The molecule has 0 spiro atoms. The molecule has 1 unspecified atom stereocenters. The zero-order chi connectivity index (χ0) is 9.72. The van der Waals surface area contributed by atoms with Crippen LogP contribution in [0.5, 0.6) is 0 Å². The van der Waals surface area contributed by atoms with Crippen LogP contribution in [0.1, 0.15) is 20.3 Å². The van der Waals surface area contributed by atoms with Crippen molar-refractivity contribution in [3.63, 3.8) is 0 Å². The number of carboxylic acids is 1. The summed E-state index contributed by atoms with van der Waals surface area (Å²) in [6.45, 7) is 3.62. The molecule has 0 aromatic rings. The van der Waals surface area contributed by atoms with Crippen LogP contribution in [-0.2, 0) is 9.59 Å². The van der Waals surface area contributed by atoms with E-state index in [2.05, 4.69) is 0 Å². The second kappa shape index (κ2) is 4.74. The Kier molecular flexibility index (Phi) is 4.33. The number of rotatable bonds is 4. The van der Waals surface area contributed by atoms with Gasteiger partial charge in [-0.15, -0.1) is 0 Å². The van der Waals surface area contributed by atoms with Crippen molar-refractivity contribution in [3.8, 4) is 0 Å². The predicted molar refractivity (Wildman–Crippen MR) is 44.7 cm³/mol. The van der Waals surface area contributed by atoms with Crippen molar-refractivity contribution in [2.45, 2.75) is 20.3 Å². The van der Waals surface area contributed by atoms with E-state index in [1.54, 1.807) is 20.9 Å². The molecule has 1 N–H and O–H groups in total. The van der Waals surface area contributed by atoms with Crippen molar-refractivity contribution in [2.24, 2.45) is 5.92 Å². The second-order valence-corrected chi connectivity index (χ2v) is 2.87. The molecule has 70 valence electrons. The molecule has 0 aliphatic carbocycles. The summed E-state index contributed by atoms with van der Waals surface area (Å²) in [5.41, 5.74) is 0. The average molecular weight is 173 g/mol. The third-order valence-electron chi connectivity index (χ3n) is 1.70. The van der Waals surface area contributed by atoms with Crippen molar-refractivity contribution in [2.75, 3.05) is 13.6 Å². The zero-order valence-corrected chi connectivity index (χ0v) is 7.70. The van der Waals surface area contributed by atoms with Gasteiger partial charge in [-0.1, -0.05) is 13.8 Å². The molecular formula is C8H15NO3. The van der Waals surface area contributed by atoms with E-state index in [1.165, 1.54) is 4.90 Å². The molecule has 0 aromatic heterocycles. The van der Waals surface area contributed by atoms with Crippen LogP contribution in [-0.4, -0.2) is 35.5 Å². The summed E-state index contributed by atoms with van der Waals surface area (Å²) in [4.78, 5) is 22.9. The van der Waals surface area contributed by atoms with Crippen molar-refractivity contribution < 1.29 is 14.7 Å². The topological polar surface area (TPSA) is 57.6 Å². The van der Waals surface area contributed by atoms with Crippen LogP contribution in [0.25, 0.3) is 0 Å². The van der Waals surface area contributed by atoms with Crippen molar-refractivity contribution in [1.29, 1.82) is 0 Å². The third-order valence-corrected chi connectivity index (χ3v) is 1.70. The summed E-state index contributed by atoms with van der Waals surface area (Å²) in [7, 11) is 1.62. The quantitative estimate of drug-likeness (QED) is 0.676. The molecule has 1 amide bonds. The normalized spacial score (nSPS) is 12.2. The van der Waals surface area contributed by atoms with Gasteiger partial charge in [0.15, 0.2) is 0 Å². The van der Waals surface area contributed by atoms with E-state index in [1.807, 2.05) is 0 Å². The SMILES string of the molecule is CCC(=O)N(C)CC(C)C(=O)O. The van der Waals surface area contributed by atoms with Gasteiger partial charge in [0, 0.05) is 20.0 Å². The molecule has 0 bridgehead atoms. The van der Waals surface area contributed by atoms with E-state index < -0.39 is 11.9 Å². The third kappa shape index (κ3) is 3.37. The maximum atomic E-state index is 11.0. The van der Waals surface area contributed by atoms with Gasteiger partial charge in [-0.05, 0) is 0 Å². The Bertz CT molecular complexity index is 179. The van der Waals surface area contributed by atoms with E-state index in [0.29, 0.717) is 6.42 Å². The highest BCUT2D eigenvalue weighted by Gasteiger charge is 2.15. The molecule has 4 heteroatoms. The Morgan fingerprint density at radius 2 is 2.00 bits per heavy atom. The Hall–Kier alpha value is -1.06. The molecule has 0 fully saturated rings. The molecule has 0 aliphatic heterocycles. The van der Waals surface area contributed by atoms with Gasteiger partial charge in [0.25, 0.3) is 0 Å². The van der Waals surface area contributed by atoms with Gasteiger partial charge in [0.1, 0.15) is 0 Å². The Morgan fingerprint density at radius 1 is 1.50 bits per heavy atom. The minimum atomic E-state index is -0.870. The monoisotopic (exact) mass is 173 g/mol. The minimum Gasteiger partial charge on any atom is -0.481 e. The van der Waals surface area contributed by atoms with Crippen LogP contribution in [0.3, 0.4) is 0 Å². The highest BCUT2D eigenvalue weighted by Crippen LogP contribution is 1.99. The van der Waals surface area contributed by atoms with Crippen molar-refractivity contribution in [1.82, 2.24) is 4.90 Å². The van der Waals surface area contributed by atoms with E-state index in [0.717, 1.165) is 0 Å². The summed E-state index contributed by atoms with van der Waals surface area (Å²) in [5.74, 6) is -1.39. The number of hydrogen-bond acceptors (Lipinski definition) is 2. The minimum absolute atomic E-state index is 0.0249. The summed E-state index contributed by atoms with van der Waals surface area (Å²) < 4.78 is 0. The lowest BCUT2D eigenvalue weighted by atomic mass is 10.2. The highest BCUT2D eigenvalue weighted by molar-refractivity contribution is 5.76. The first kappa shape index (κ1) is 10.9. The number of hydrogen-bond donors (Lipinski definition) is 1. The van der Waals surface area contributed by atoms with E-state index in [9.17, 15) is 9.59 Å². The zero-order valence-electron chi connectivity index (χ0n) is 7.70. The lowest BCUT2D eigenvalue weighted by Crippen LogP contribution is -2.33. The van der Waals surface area contributed by atoms with Gasteiger partial charge < -0.3 is 10.0 Å². The standard InChI is InChI=1S/C8H15NO3/c1-4-7(10)9(3)5-6(2)8(11)12/h6H,4-5H2,1-3H3,(H,11,12). The molecule has 0 rings (SSSR count). The van der Waals surface area contributed by atoms with Gasteiger partial charge in [-0.3, -0.25) is 9.59 Å². The molecule has 4 nitrogen and oxygen atoms in total. The Morgan fingerprint density at radius 3 is 2.33 bits per heavy atom. The van der Waals surface area contributed by atoms with Gasteiger partial charge in [0.2, 0.25) is 5.91 Å². The van der Waals surface area contributed by atoms with E-state index in [4.69, 9.17) is 5.11 Å². The molecule has 0 aliphatic rings. The summed E-state index contributed by atoms with van der Waals surface area (Å²) in [5, 5.41) is 8.55. The van der Waals surface area contributed by atoms with Gasteiger partial charge >= 0.3 is 5.97 Å². The smallest absolute Gasteiger partial charge is 0.308 e. The fourth-order valence-electron chi connectivity index (χ4n) is 0.861. The van der Waals surface area contributed by atoms with Crippen LogP contribution in [0.15, 0.2) is 0 Å². The summed E-state index contributed by atoms with van der Waals surface area (Å²) in [6, 6.07) is 0. The molecule has 0 saturated heterocycles. The van der Waals surface area contributed by atoms with Gasteiger partial charge in [-0.25, -0.2) is 0 Å². The van der Waals surface area contributed by atoms with Crippen LogP contribution < -0.4 is 0 Å². The van der Waals surface area contributed by atoms with E-state index >= 15 is 0 Å². The Balaban J connectivity index is 3.91. The fraction of sp³-hybridized carbons (Fsp3) is 0.750. The highest BCUT2D eigenvalue weighted by atomic mass is 16.4. The molecule has 0 heterocycles. The van der Waals surface area contributed by atoms with Crippen LogP contribution in [0.4, 0.5) is 0 Å². The maximum Gasteiger partial charge on any atom is 0.308 e. The first-order valence-electron chi connectivity index (χ1n) is 3.95. The van der Waals surface area contributed by atoms with Crippen molar-refractivity contribution in [3.05, 3.63) is 0 Å². The first-order valence-corrected chi connectivity index (χ1v) is 3.95. The predicted octanol–water partition coefficient (Wildman–Crippen LogP) is 0.575. The second-order valence-electron chi connectivity index (χ2n) is 2.87. The number of carboxylic acid groups (broad SMARTS) is 1. The number of carbonyl (C=O) groups is 2. The van der Waals surface area contributed by atoms with Crippen LogP contribution in [0, 0.1) is 5.92 Å². The average Bonchev–Trinajstić information content (AvgIpc) is 2.02. The molecule has 0 aromatic carbocycles. The van der Waals surface area contributed by atoms with Gasteiger partial charge in [-0.2, -0.15) is 0 Å². The number of amides is 1. The Labute approximate surface area is 72.2 Å². The van der Waals surface area contributed by atoms with Crippen molar-refractivity contribution >= 4 is 11.9 Å².